The molecule has 0 atom stereocenters. The van der Waals surface area contributed by atoms with Crippen LogP contribution in [0.25, 0.3) is 5.69 Å². The molecule has 2 rings (SSSR count). The summed E-state index contributed by atoms with van der Waals surface area (Å²) in [7, 11) is 0. The molecule has 0 aliphatic heterocycles. The maximum Gasteiger partial charge on any atom is 0.0824 e. The molecular weight excluding hydrogens is 316 g/mol. The second-order valence-corrected chi connectivity index (χ2v) is 5.45. The predicted molar refractivity (Wildman–Crippen MR) is 76.0 cm³/mol. The monoisotopic (exact) mass is 328 g/mol. The summed E-state index contributed by atoms with van der Waals surface area (Å²) < 4.78 is 2.61. The number of nitrogens with zero attached hydrogens (tertiary/aromatic N) is 3. The van der Waals surface area contributed by atoms with E-state index in [4.69, 9.17) is 11.6 Å². The van der Waals surface area contributed by atoms with Gasteiger partial charge < -0.3 is 5.32 Å². The standard InChI is InChI=1S/C12H14BrClN4/c1-8(2)15-6-9-7-16-17-18(9)11-5-3-4-10(14)12(11)13/h3-5,7-8,15H,6H2,1-2H3. The molecule has 6 heteroatoms. The molecule has 1 heterocycles. The predicted octanol–water partition coefficient (Wildman–Crippen LogP) is 3.18. The van der Waals surface area contributed by atoms with Gasteiger partial charge in [-0.25, -0.2) is 4.68 Å². The van der Waals surface area contributed by atoms with E-state index >= 15 is 0 Å². The van der Waals surface area contributed by atoms with Crippen LogP contribution in [-0.2, 0) is 6.54 Å². The Bertz CT molecular complexity index is 539. The Morgan fingerprint density at radius 2 is 2.22 bits per heavy atom. The van der Waals surface area contributed by atoms with E-state index < -0.39 is 0 Å². The van der Waals surface area contributed by atoms with E-state index in [0.717, 1.165) is 15.9 Å². The zero-order chi connectivity index (χ0) is 13.1. The molecule has 2 aromatic rings. The fourth-order valence-electron chi connectivity index (χ4n) is 1.54. The number of nitrogens with one attached hydrogen (secondary N) is 1. The zero-order valence-electron chi connectivity index (χ0n) is 10.2. The molecule has 1 aromatic heterocycles. The van der Waals surface area contributed by atoms with Crippen LogP contribution in [-0.4, -0.2) is 21.0 Å². The first-order valence-corrected chi connectivity index (χ1v) is 6.84. The van der Waals surface area contributed by atoms with Crippen molar-refractivity contribution in [2.45, 2.75) is 26.4 Å². The Kier molecular flexibility index (Phi) is 4.37. The maximum absolute atomic E-state index is 6.09. The minimum absolute atomic E-state index is 0.413. The maximum atomic E-state index is 6.09. The molecule has 0 bridgehead atoms. The summed E-state index contributed by atoms with van der Waals surface area (Å²) in [6.45, 7) is 4.91. The zero-order valence-corrected chi connectivity index (χ0v) is 12.5. The van der Waals surface area contributed by atoms with Crippen LogP contribution >= 0.6 is 27.5 Å². The van der Waals surface area contributed by atoms with Crippen molar-refractivity contribution in [2.75, 3.05) is 0 Å². The second-order valence-electron chi connectivity index (χ2n) is 4.25. The first-order chi connectivity index (χ1) is 8.59. The van der Waals surface area contributed by atoms with Crippen molar-refractivity contribution in [3.8, 4) is 5.69 Å². The summed E-state index contributed by atoms with van der Waals surface area (Å²) in [4.78, 5) is 0. The van der Waals surface area contributed by atoms with Gasteiger partial charge in [0.1, 0.15) is 0 Å². The Morgan fingerprint density at radius 1 is 1.44 bits per heavy atom. The summed E-state index contributed by atoms with van der Waals surface area (Å²) in [5.41, 5.74) is 1.88. The lowest BCUT2D eigenvalue weighted by molar-refractivity contribution is 0.570. The lowest BCUT2D eigenvalue weighted by Crippen LogP contribution is -2.23. The van der Waals surface area contributed by atoms with E-state index in [1.807, 2.05) is 18.2 Å². The second kappa shape index (κ2) is 5.82. The molecule has 1 N–H and O–H groups in total. The van der Waals surface area contributed by atoms with Crippen molar-refractivity contribution in [3.05, 3.63) is 39.6 Å². The van der Waals surface area contributed by atoms with E-state index in [1.54, 1.807) is 10.9 Å². The summed E-state index contributed by atoms with van der Waals surface area (Å²) >= 11 is 9.56. The Morgan fingerprint density at radius 3 is 2.94 bits per heavy atom. The van der Waals surface area contributed by atoms with E-state index in [-0.39, 0.29) is 0 Å². The fourth-order valence-corrected chi connectivity index (χ4v) is 2.15. The van der Waals surface area contributed by atoms with Gasteiger partial charge in [0.15, 0.2) is 0 Å². The topological polar surface area (TPSA) is 42.7 Å². The number of hydrogen-bond acceptors (Lipinski definition) is 3. The minimum Gasteiger partial charge on any atom is -0.309 e. The van der Waals surface area contributed by atoms with Gasteiger partial charge >= 0.3 is 0 Å². The van der Waals surface area contributed by atoms with E-state index in [1.165, 1.54) is 0 Å². The molecule has 0 saturated carbocycles. The number of hydrogen-bond donors (Lipinski definition) is 1. The van der Waals surface area contributed by atoms with Gasteiger partial charge in [0.05, 0.1) is 27.1 Å². The molecule has 4 nitrogen and oxygen atoms in total. The summed E-state index contributed by atoms with van der Waals surface area (Å²) in [6.07, 6.45) is 1.75. The van der Waals surface area contributed by atoms with Gasteiger partial charge in [-0.3, -0.25) is 0 Å². The van der Waals surface area contributed by atoms with E-state index in [9.17, 15) is 0 Å². The SMILES string of the molecule is CC(C)NCc1cnnn1-c1cccc(Cl)c1Br. The first kappa shape index (κ1) is 13.5. The molecule has 0 fully saturated rings. The van der Waals surface area contributed by atoms with Gasteiger partial charge in [-0.05, 0) is 28.1 Å². The molecule has 0 amide bonds. The average Bonchev–Trinajstić information content (AvgIpc) is 2.78. The molecule has 18 heavy (non-hydrogen) atoms. The Labute approximate surface area is 119 Å². The van der Waals surface area contributed by atoms with Crippen molar-refractivity contribution in [1.82, 2.24) is 20.3 Å². The number of aromatic nitrogens is 3. The van der Waals surface area contributed by atoms with E-state index in [0.29, 0.717) is 17.6 Å². The lowest BCUT2D eigenvalue weighted by Gasteiger charge is -2.11. The van der Waals surface area contributed by atoms with Gasteiger partial charge in [-0.1, -0.05) is 36.7 Å². The molecule has 0 spiro atoms. The van der Waals surface area contributed by atoms with Crippen LogP contribution in [0.4, 0.5) is 0 Å². The molecule has 0 saturated heterocycles. The highest BCUT2D eigenvalue weighted by molar-refractivity contribution is 9.10. The van der Waals surface area contributed by atoms with Crippen molar-refractivity contribution >= 4 is 27.5 Å². The van der Waals surface area contributed by atoms with Gasteiger partial charge in [-0.2, -0.15) is 0 Å². The molecule has 0 aliphatic rings. The van der Waals surface area contributed by atoms with Gasteiger partial charge in [-0.15, -0.1) is 5.10 Å². The van der Waals surface area contributed by atoms with Crippen LogP contribution in [0.3, 0.4) is 0 Å². The Balaban J connectivity index is 2.33. The third-order valence-corrected chi connectivity index (χ3v) is 3.85. The van der Waals surface area contributed by atoms with Crippen LogP contribution in [0.2, 0.25) is 5.02 Å². The smallest absolute Gasteiger partial charge is 0.0824 e. The van der Waals surface area contributed by atoms with Crippen molar-refractivity contribution in [1.29, 1.82) is 0 Å². The Hall–Kier alpha value is -0.910. The summed E-state index contributed by atoms with van der Waals surface area (Å²) in [6, 6.07) is 6.09. The van der Waals surface area contributed by atoms with Crippen molar-refractivity contribution in [2.24, 2.45) is 0 Å². The van der Waals surface area contributed by atoms with Crippen LogP contribution < -0.4 is 5.32 Å². The molecular formula is C12H14BrClN4. The van der Waals surface area contributed by atoms with Gasteiger partial charge in [0, 0.05) is 12.6 Å². The highest BCUT2D eigenvalue weighted by atomic mass is 79.9. The fraction of sp³-hybridized carbons (Fsp3) is 0.333. The van der Waals surface area contributed by atoms with Crippen molar-refractivity contribution < 1.29 is 0 Å². The molecule has 0 aliphatic carbocycles. The highest BCUT2D eigenvalue weighted by Gasteiger charge is 2.11. The van der Waals surface area contributed by atoms with Crippen LogP contribution in [0.5, 0.6) is 0 Å². The number of halogens is 2. The lowest BCUT2D eigenvalue weighted by atomic mass is 10.3. The molecule has 96 valence electrons. The first-order valence-electron chi connectivity index (χ1n) is 5.67. The normalized spacial score (nSPS) is 11.2. The third kappa shape index (κ3) is 2.91. The van der Waals surface area contributed by atoms with Crippen LogP contribution in [0.15, 0.2) is 28.9 Å². The van der Waals surface area contributed by atoms with Crippen LogP contribution in [0, 0.1) is 0 Å². The highest BCUT2D eigenvalue weighted by Crippen LogP contribution is 2.28. The molecule has 1 aromatic carbocycles. The van der Waals surface area contributed by atoms with Crippen LogP contribution in [0.1, 0.15) is 19.5 Å². The number of rotatable bonds is 4. The summed E-state index contributed by atoms with van der Waals surface area (Å²) in [5, 5.41) is 12.1. The van der Waals surface area contributed by atoms with Crippen molar-refractivity contribution in [3.63, 3.8) is 0 Å². The molecule has 0 radical (unpaired) electrons. The largest absolute Gasteiger partial charge is 0.309 e. The van der Waals surface area contributed by atoms with E-state index in [2.05, 4.69) is 45.4 Å². The van der Waals surface area contributed by atoms with Gasteiger partial charge in [0.2, 0.25) is 0 Å². The average molecular weight is 330 g/mol. The minimum atomic E-state index is 0.413. The number of benzene rings is 1. The third-order valence-electron chi connectivity index (χ3n) is 2.47. The van der Waals surface area contributed by atoms with Gasteiger partial charge in [0.25, 0.3) is 0 Å². The molecule has 0 unspecified atom stereocenters. The summed E-state index contributed by atoms with van der Waals surface area (Å²) in [5.74, 6) is 0. The quantitative estimate of drug-likeness (QED) is 0.937.